The fourth-order valence-electron chi connectivity index (χ4n) is 1.91. The number of hydrogen-bond donors (Lipinski definition) is 2. The molecule has 6 heteroatoms. The van der Waals surface area contributed by atoms with Crippen LogP contribution in [0.15, 0.2) is 12.3 Å². The van der Waals surface area contributed by atoms with Gasteiger partial charge in [-0.3, -0.25) is 0 Å². The molecule has 3 N–H and O–H groups in total. The zero-order valence-electron chi connectivity index (χ0n) is 10.0. The molecule has 1 fully saturated rings. The van der Waals surface area contributed by atoms with Crippen molar-refractivity contribution in [3.8, 4) is 0 Å². The van der Waals surface area contributed by atoms with Gasteiger partial charge in [-0.1, -0.05) is 0 Å². The average molecular weight is 240 g/mol. The van der Waals surface area contributed by atoms with E-state index in [1.807, 2.05) is 0 Å². The van der Waals surface area contributed by atoms with Crippen LogP contribution in [-0.4, -0.2) is 39.4 Å². The number of aromatic nitrogens is 2. The Bertz CT molecular complexity index is 422. The molecule has 5 nitrogen and oxygen atoms in total. The lowest BCUT2D eigenvalue weighted by atomic mass is 9.81. The van der Waals surface area contributed by atoms with Crippen LogP contribution in [0.1, 0.15) is 20.3 Å². The topological polar surface area (TPSA) is 75.3 Å². The molecule has 1 aliphatic heterocycles. The van der Waals surface area contributed by atoms with Gasteiger partial charge >= 0.3 is 0 Å². The predicted molar refractivity (Wildman–Crippen MR) is 63.4 cm³/mol. The van der Waals surface area contributed by atoms with Gasteiger partial charge in [-0.15, -0.1) is 0 Å². The summed E-state index contributed by atoms with van der Waals surface area (Å²) in [6.07, 6.45) is 1.87. The van der Waals surface area contributed by atoms with E-state index < -0.39 is 11.3 Å². The first-order valence-corrected chi connectivity index (χ1v) is 5.57. The quantitative estimate of drug-likeness (QED) is 0.757. The fourth-order valence-corrected chi connectivity index (χ4v) is 1.91. The number of nitrogens with zero attached hydrogens (tertiary/aromatic N) is 3. The van der Waals surface area contributed by atoms with Gasteiger partial charge in [0.1, 0.15) is 5.82 Å². The van der Waals surface area contributed by atoms with Crippen LogP contribution in [0.4, 0.5) is 16.2 Å². The highest BCUT2D eigenvalue weighted by molar-refractivity contribution is 5.39. The number of hydrogen-bond acceptors (Lipinski definition) is 5. The van der Waals surface area contributed by atoms with Crippen LogP contribution in [-0.2, 0) is 0 Å². The van der Waals surface area contributed by atoms with Gasteiger partial charge in [-0.05, 0) is 26.3 Å². The third-order valence-corrected chi connectivity index (χ3v) is 3.43. The molecule has 0 unspecified atom stereocenters. The third-order valence-electron chi connectivity index (χ3n) is 3.43. The molecule has 2 heterocycles. The molecule has 94 valence electrons. The Kier molecular flexibility index (Phi) is 2.69. The van der Waals surface area contributed by atoms with Crippen molar-refractivity contribution in [1.29, 1.82) is 0 Å². The number of nitrogen functional groups attached to an aromatic ring is 1. The lowest BCUT2D eigenvalue weighted by Gasteiger charge is -2.45. The highest BCUT2D eigenvalue weighted by Gasteiger charge is 2.48. The number of alkyl halides is 1. The molecular formula is C11H17FN4O. The van der Waals surface area contributed by atoms with E-state index in [-0.39, 0.29) is 6.54 Å². The van der Waals surface area contributed by atoms with Gasteiger partial charge in [0, 0.05) is 12.7 Å². The Morgan fingerprint density at radius 2 is 2.24 bits per heavy atom. The van der Waals surface area contributed by atoms with E-state index >= 15 is 0 Å². The second-order valence-electron chi connectivity index (χ2n) is 4.92. The van der Waals surface area contributed by atoms with Crippen LogP contribution in [0.25, 0.3) is 0 Å². The van der Waals surface area contributed by atoms with Crippen molar-refractivity contribution in [2.75, 3.05) is 23.7 Å². The van der Waals surface area contributed by atoms with Crippen LogP contribution in [0, 0.1) is 0 Å². The molecule has 0 radical (unpaired) electrons. The van der Waals surface area contributed by atoms with E-state index in [0.29, 0.717) is 24.7 Å². The van der Waals surface area contributed by atoms with Crippen molar-refractivity contribution in [3.63, 3.8) is 0 Å². The number of nitrogens with two attached hydrogens (primary N) is 1. The van der Waals surface area contributed by atoms with Crippen LogP contribution in [0.2, 0.25) is 0 Å². The SMILES string of the molecule is C[C@@]1(O)CCN(c2nccc(N)n2)C[C@@]1(C)F. The maximum Gasteiger partial charge on any atom is 0.227 e. The first-order valence-electron chi connectivity index (χ1n) is 5.57. The summed E-state index contributed by atoms with van der Waals surface area (Å²) < 4.78 is 14.3. The Morgan fingerprint density at radius 3 is 2.82 bits per heavy atom. The van der Waals surface area contributed by atoms with Gasteiger partial charge in [-0.2, -0.15) is 4.98 Å². The molecule has 2 atom stereocenters. The van der Waals surface area contributed by atoms with Crippen LogP contribution in [0.3, 0.4) is 0 Å². The van der Waals surface area contributed by atoms with E-state index in [1.165, 1.54) is 13.8 Å². The molecule has 1 aliphatic rings. The summed E-state index contributed by atoms with van der Waals surface area (Å²) in [7, 11) is 0. The lowest BCUT2D eigenvalue weighted by Crippen LogP contribution is -2.59. The van der Waals surface area contributed by atoms with Crippen molar-refractivity contribution in [1.82, 2.24) is 9.97 Å². The van der Waals surface area contributed by atoms with Gasteiger partial charge in [0.25, 0.3) is 0 Å². The minimum absolute atomic E-state index is 0.0590. The van der Waals surface area contributed by atoms with Crippen LogP contribution >= 0.6 is 0 Å². The molecule has 0 aliphatic carbocycles. The van der Waals surface area contributed by atoms with Crippen molar-refractivity contribution >= 4 is 11.8 Å². The van der Waals surface area contributed by atoms with Crippen LogP contribution in [0.5, 0.6) is 0 Å². The highest BCUT2D eigenvalue weighted by Crippen LogP contribution is 2.35. The molecule has 0 saturated carbocycles. The van der Waals surface area contributed by atoms with Crippen molar-refractivity contribution in [2.24, 2.45) is 0 Å². The molecular weight excluding hydrogens is 223 g/mol. The molecule has 0 spiro atoms. The van der Waals surface area contributed by atoms with E-state index in [1.54, 1.807) is 17.2 Å². The standard InChI is InChI=1S/C11H17FN4O/c1-10(12)7-16(6-4-11(10,2)17)9-14-5-3-8(13)15-9/h3,5,17H,4,6-7H2,1-2H3,(H2,13,14,15)/t10-,11-/m1/s1. The zero-order valence-corrected chi connectivity index (χ0v) is 10.0. The maximum atomic E-state index is 14.3. The molecule has 0 aromatic carbocycles. The first-order chi connectivity index (χ1) is 7.82. The summed E-state index contributed by atoms with van der Waals surface area (Å²) in [5.41, 5.74) is 2.55. The Hall–Kier alpha value is -1.43. The summed E-state index contributed by atoms with van der Waals surface area (Å²) in [4.78, 5) is 9.82. The summed E-state index contributed by atoms with van der Waals surface area (Å²) in [5.74, 6) is 0.761. The van der Waals surface area contributed by atoms with Gasteiger partial charge in [0.2, 0.25) is 5.95 Å². The second-order valence-corrected chi connectivity index (χ2v) is 4.92. The molecule has 0 amide bonds. The maximum absolute atomic E-state index is 14.3. The Labute approximate surface area is 99.5 Å². The summed E-state index contributed by atoms with van der Waals surface area (Å²) in [5, 5.41) is 9.95. The monoisotopic (exact) mass is 240 g/mol. The van der Waals surface area contributed by atoms with Gasteiger partial charge in [0.05, 0.1) is 12.1 Å². The molecule has 0 bridgehead atoms. The minimum atomic E-state index is -1.70. The molecule has 1 aromatic heterocycles. The Morgan fingerprint density at radius 1 is 1.53 bits per heavy atom. The molecule has 1 saturated heterocycles. The Balaban J connectivity index is 2.21. The fraction of sp³-hybridized carbons (Fsp3) is 0.636. The molecule has 1 aromatic rings. The van der Waals surface area contributed by atoms with Gasteiger partial charge < -0.3 is 15.7 Å². The number of anilines is 2. The van der Waals surface area contributed by atoms with E-state index in [2.05, 4.69) is 9.97 Å². The van der Waals surface area contributed by atoms with Crippen LogP contribution < -0.4 is 10.6 Å². The number of piperidine rings is 1. The van der Waals surface area contributed by atoms with E-state index in [9.17, 15) is 9.50 Å². The van der Waals surface area contributed by atoms with Crippen molar-refractivity contribution in [3.05, 3.63) is 12.3 Å². The number of aliphatic hydroxyl groups is 1. The van der Waals surface area contributed by atoms with Gasteiger partial charge in [0.15, 0.2) is 5.67 Å². The van der Waals surface area contributed by atoms with E-state index in [0.717, 1.165) is 0 Å². The zero-order chi connectivity index (χ0) is 12.7. The minimum Gasteiger partial charge on any atom is -0.387 e. The normalized spacial score (nSPS) is 33.8. The lowest BCUT2D eigenvalue weighted by molar-refractivity contribution is -0.0924. The predicted octanol–water partition coefficient (Wildman–Crippen LogP) is 0.748. The second kappa shape index (κ2) is 3.80. The summed E-state index contributed by atoms with van der Waals surface area (Å²) in [6, 6.07) is 1.58. The van der Waals surface area contributed by atoms with Crippen molar-refractivity contribution < 1.29 is 9.50 Å². The average Bonchev–Trinajstić information content (AvgIpc) is 2.22. The summed E-state index contributed by atoms with van der Waals surface area (Å²) in [6.45, 7) is 3.48. The van der Waals surface area contributed by atoms with Gasteiger partial charge in [-0.25, -0.2) is 9.37 Å². The smallest absolute Gasteiger partial charge is 0.227 e. The van der Waals surface area contributed by atoms with E-state index in [4.69, 9.17) is 5.73 Å². The molecule has 2 rings (SSSR count). The third kappa shape index (κ3) is 2.17. The summed E-state index contributed by atoms with van der Waals surface area (Å²) >= 11 is 0. The molecule has 17 heavy (non-hydrogen) atoms. The highest BCUT2D eigenvalue weighted by atomic mass is 19.1. The number of rotatable bonds is 1. The largest absolute Gasteiger partial charge is 0.387 e. The first kappa shape index (κ1) is 12.0. The number of halogens is 1. The van der Waals surface area contributed by atoms with Crippen molar-refractivity contribution in [2.45, 2.75) is 31.5 Å².